The maximum absolute atomic E-state index is 13.3. The van der Waals surface area contributed by atoms with Crippen LogP contribution in [0.1, 0.15) is 29.9 Å². The van der Waals surface area contributed by atoms with Crippen LogP contribution in [0.4, 0.5) is 0 Å². The average Bonchev–Trinajstić information content (AvgIpc) is 3.26. The zero-order chi connectivity index (χ0) is 22.5. The molecule has 1 aromatic heterocycles. The van der Waals surface area contributed by atoms with Crippen LogP contribution in [0, 0.1) is 5.92 Å². The van der Waals surface area contributed by atoms with E-state index in [1.165, 1.54) is 15.7 Å². The molecule has 1 fully saturated rings. The standard InChI is InChI=1S/C27H27N3O3.ClH/c1-33-24-8-4-7-20-19(24)10-9-18-15-28-22(25(18)20)11-12-30-26(31)21-13-16-5-2-3-6-17(16)14-23(21)29-27(30)32;/h2-8,13-14,18,22,25,28H,9-12,15H2,1H3,(H,29,32);1H. The molecule has 0 saturated carbocycles. The molecule has 3 atom stereocenters. The molecule has 2 heterocycles. The normalized spacial score (nSPS) is 21.1. The molecule has 1 aliphatic heterocycles. The highest BCUT2D eigenvalue weighted by Gasteiger charge is 2.40. The van der Waals surface area contributed by atoms with Gasteiger partial charge in [-0.25, -0.2) is 4.79 Å². The summed E-state index contributed by atoms with van der Waals surface area (Å²) in [6.45, 7) is 1.36. The van der Waals surface area contributed by atoms with Crippen molar-refractivity contribution in [3.8, 4) is 5.75 Å². The molecule has 6 nitrogen and oxygen atoms in total. The lowest BCUT2D eigenvalue weighted by atomic mass is 9.73. The fourth-order valence-corrected chi connectivity index (χ4v) is 6.01. The molecule has 34 heavy (non-hydrogen) atoms. The van der Waals surface area contributed by atoms with Gasteiger partial charge in [0.2, 0.25) is 0 Å². The molecular weight excluding hydrogens is 450 g/mol. The number of methoxy groups -OCH3 is 1. The third kappa shape index (κ3) is 3.62. The number of fused-ring (bicyclic) bond motifs is 5. The number of hydrogen-bond donors (Lipinski definition) is 2. The summed E-state index contributed by atoms with van der Waals surface area (Å²) in [6, 6.07) is 18.2. The minimum atomic E-state index is -0.344. The van der Waals surface area contributed by atoms with Crippen molar-refractivity contribution in [2.45, 2.75) is 37.8 Å². The number of rotatable bonds is 4. The van der Waals surface area contributed by atoms with Gasteiger partial charge in [-0.1, -0.05) is 36.4 Å². The Kier molecular flexibility index (Phi) is 5.96. The van der Waals surface area contributed by atoms with Crippen molar-refractivity contribution in [2.24, 2.45) is 5.92 Å². The second kappa shape index (κ2) is 8.93. The first-order chi connectivity index (χ1) is 16.1. The van der Waals surface area contributed by atoms with Crippen molar-refractivity contribution in [1.82, 2.24) is 14.9 Å². The van der Waals surface area contributed by atoms with Crippen LogP contribution in [0.2, 0.25) is 0 Å². The number of H-pyrrole nitrogens is 1. The van der Waals surface area contributed by atoms with E-state index >= 15 is 0 Å². The molecule has 0 radical (unpaired) electrons. The third-order valence-corrected chi connectivity index (χ3v) is 7.61. The number of aromatic amines is 1. The molecule has 0 bridgehead atoms. The molecule has 7 heteroatoms. The largest absolute Gasteiger partial charge is 0.496 e. The minimum Gasteiger partial charge on any atom is -0.496 e. The lowest BCUT2D eigenvalue weighted by Gasteiger charge is -2.32. The number of aromatic nitrogens is 2. The highest BCUT2D eigenvalue weighted by Crippen LogP contribution is 2.45. The summed E-state index contributed by atoms with van der Waals surface area (Å²) in [7, 11) is 1.73. The van der Waals surface area contributed by atoms with E-state index in [0.717, 1.165) is 42.3 Å². The van der Waals surface area contributed by atoms with Crippen molar-refractivity contribution in [3.63, 3.8) is 0 Å². The quantitative estimate of drug-likeness (QED) is 0.436. The fraction of sp³-hybridized carbons (Fsp3) is 0.333. The van der Waals surface area contributed by atoms with E-state index in [4.69, 9.17) is 4.74 Å². The SMILES string of the molecule is COc1cccc2c1CCC1CNC(CCn3c(=O)[nH]c4cc5ccccc5cc4c3=O)C21.Cl. The van der Waals surface area contributed by atoms with E-state index in [2.05, 4.69) is 22.4 Å². The molecule has 3 unspecified atom stereocenters. The molecule has 1 aliphatic carbocycles. The van der Waals surface area contributed by atoms with Crippen LogP contribution in [0.5, 0.6) is 5.75 Å². The Hall–Kier alpha value is -3.09. The number of ether oxygens (including phenoxy) is 1. The lowest BCUT2D eigenvalue weighted by molar-refractivity contribution is 0.371. The molecule has 4 aromatic rings. The van der Waals surface area contributed by atoms with Crippen LogP contribution in [0.25, 0.3) is 21.7 Å². The van der Waals surface area contributed by atoms with Crippen molar-refractivity contribution in [2.75, 3.05) is 13.7 Å². The van der Waals surface area contributed by atoms with Crippen LogP contribution in [-0.2, 0) is 13.0 Å². The van der Waals surface area contributed by atoms with Gasteiger partial charge in [0.15, 0.2) is 0 Å². The number of benzene rings is 3. The summed E-state index contributed by atoms with van der Waals surface area (Å²) in [6.07, 6.45) is 2.89. The van der Waals surface area contributed by atoms with Crippen LogP contribution in [0.15, 0.2) is 64.2 Å². The van der Waals surface area contributed by atoms with Gasteiger partial charge < -0.3 is 15.0 Å². The Bertz CT molecular complexity index is 1490. The van der Waals surface area contributed by atoms with Crippen molar-refractivity contribution >= 4 is 34.1 Å². The molecule has 1 saturated heterocycles. The van der Waals surface area contributed by atoms with Crippen molar-refractivity contribution in [3.05, 3.63) is 86.6 Å². The first-order valence-electron chi connectivity index (χ1n) is 11.7. The summed E-state index contributed by atoms with van der Waals surface area (Å²) in [5.41, 5.74) is 2.68. The van der Waals surface area contributed by atoms with Gasteiger partial charge in [-0.15, -0.1) is 12.4 Å². The fourth-order valence-electron chi connectivity index (χ4n) is 6.01. The maximum atomic E-state index is 13.3. The van der Waals surface area contributed by atoms with E-state index in [0.29, 0.717) is 29.3 Å². The summed E-state index contributed by atoms with van der Waals surface area (Å²) >= 11 is 0. The van der Waals surface area contributed by atoms with E-state index in [-0.39, 0.29) is 29.7 Å². The van der Waals surface area contributed by atoms with Crippen LogP contribution in [0.3, 0.4) is 0 Å². The molecule has 0 spiro atoms. The Labute approximate surface area is 203 Å². The first-order valence-corrected chi connectivity index (χ1v) is 11.7. The molecule has 6 rings (SSSR count). The van der Waals surface area contributed by atoms with E-state index in [9.17, 15) is 9.59 Å². The van der Waals surface area contributed by atoms with E-state index in [1.807, 2.05) is 42.5 Å². The molecule has 2 aliphatic rings. The van der Waals surface area contributed by atoms with Gasteiger partial charge in [-0.2, -0.15) is 0 Å². The first kappa shape index (κ1) is 22.7. The van der Waals surface area contributed by atoms with Crippen molar-refractivity contribution in [1.29, 1.82) is 0 Å². The molecule has 176 valence electrons. The van der Waals surface area contributed by atoms with Gasteiger partial charge in [-0.05, 0) is 71.8 Å². The van der Waals surface area contributed by atoms with Gasteiger partial charge in [0.25, 0.3) is 5.56 Å². The Balaban J connectivity index is 0.00000241. The van der Waals surface area contributed by atoms with Crippen LogP contribution < -0.4 is 21.3 Å². The Morgan fingerprint density at radius 2 is 1.85 bits per heavy atom. The topological polar surface area (TPSA) is 76.1 Å². The van der Waals surface area contributed by atoms with Gasteiger partial charge in [0, 0.05) is 18.5 Å². The van der Waals surface area contributed by atoms with Crippen LogP contribution >= 0.6 is 12.4 Å². The highest BCUT2D eigenvalue weighted by molar-refractivity contribution is 5.95. The number of nitrogens with zero attached hydrogens (tertiary/aromatic N) is 1. The summed E-state index contributed by atoms with van der Waals surface area (Å²) < 4.78 is 6.98. The molecule has 2 N–H and O–H groups in total. The van der Waals surface area contributed by atoms with Gasteiger partial charge in [-0.3, -0.25) is 9.36 Å². The predicted molar refractivity (Wildman–Crippen MR) is 138 cm³/mol. The van der Waals surface area contributed by atoms with E-state index < -0.39 is 0 Å². The monoisotopic (exact) mass is 477 g/mol. The average molecular weight is 478 g/mol. The number of halogens is 1. The minimum absolute atomic E-state index is 0. The second-order valence-electron chi connectivity index (χ2n) is 9.29. The molecular formula is C27H28ClN3O3. The maximum Gasteiger partial charge on any atom is 0.328 e. The number of nitrogens with one attached hydrogen (secondary N) is 2. The summed E-state index contributed by atoms with van der Waals surface area (Å²) in [4.78, 5) is 29.0. The van der Waals surface area contributed by atoms with Gasteiger partial charge >= 0.3 is 5.69 Å². The Morgan fingerprint density at radius 1 is 1.06 bits per heavy atom. The second-order valence-corrected chi connectivity index (χ2v) is 9.29. The van der Waals surface area contributed by atoms with Crippen molar-refractivity contribution < 1.29 is 4.74 Å². The highest BCUT2D eigenvalue weighted by atomic mass is 35.5. The lowest BCUT2D eigenvalue weighted by Crippen LogP contribution is -2.38. The van der Waals surface area contributed by atoms with Gasteiger partial charge in [0.1, 0.15) is 5.75 Å². The number of hydrogen-bond acceptors (Lipinski definition) is 4. The predicted octanol–water partition coefficient (Wildman–Crippen LogP) is 3.98. The molecule has 3 aromatic carbocycles. The van der Waals surface area contributed by atoms with E-state index in [1.54, 1.807) is 7.11 Å². The molecule has 0 amide bonds. The van der Waals surface area contributed by atoms with Crippen LogP contribution in [-0.4, -0.2) is 29.2 Å². The summed E-state index contributed by atoms with van der Waals surface area (Å²) in [5, 5.41) is 6.23. The Morgan fingerprint density at radius 3 is 2.65 bits per heavy atom. The summed E-state index contributed by atoms with van der Waals surface area (Å²) in [5.74, 6) is 1.92. The zero-order valence-corrected chi connectivity index (χ0v) is 19.9. The van der Waals surface area contributed by atoms with Gasteiger partial charge in [0.05, 0.1) is 18.0 Å². The zero-order valence-electron chi connectivity index (χ0n) is 19.0. The smallest absolute Gasteiger partial charge is 0.328 e. The third-order valence-electron chi connectivity index (χ3n) is 7.61.